The molecule has 6 heteroatoms. The first-order valence-corrected chi connectivity index (χ1v) is 10.6. The summed E-state index contributed by atoms with van der Waals surface area (Å²) in [5, 5.41) is 0. The van der Waals surface area contributed by atoms with Gasteiger partial charge in [0.1, 0.15) is 11.4 Å². The number of carbonyl (C=O) groups excluding carboxylic acids is 1. The van der Waals surface area contributed by atoms with Crippen LogP contribution in [-0.4, -0.2) is 46.7 Å². The Balaban J connectivity index is 2.23. The lowest BCUT2D eigenvalue weighted by Crippen LogP contribution is -2.60. The second-order valence-electron chi connectivity index (χ2n) is 8.30. The van der Waals surface area contributed by atoms with Crippen molar-refractivity contribution in [1.29, 1.82) is 0 Å². The number of hydrogen-bond acceptors (Lipinski definition) is 3. The number of benzene rings is 1. The predicted octanol–water partition coefficient (Wildman–Crippen LogP) is 5.76. The third-order valence-electron chi connectivity index (χ3n) is 5.22. The maximum atomic E-state index is 13.5. The third-order valence-corrected chi connectivity index (χ3v) is 5.91. The SMILES string of the molecule is CC[C@H]1CN(C(C)c2ccc(F)cc2Br)[C@H](CC)CN1C(=O)OC(C)(C)C. The first-order valence-electron chi connectivity index (χ1n) is 9.77. The van der Waals surface area contributed by atoms with Crippen LogP contribution >= 0.6 is 15.9 Å². The lowest BCUT2D eigenvalue weighted by molar-refractivity contribution is -0.0269. The van der Waals surface area contributed by atoms with E-state index >= 15 is 0 Å². The van der Waals surface area contributed by atoms with Gasteiger partial charge in [0.05, 0.1) is 0 Å². The van der Waals surface area contributed by atoms with Gasteiger partial charge in [-0.1, -0.05) is 35.8 Å². The molecule has 1 aromatic rings. The van der Waals surface area contributed by atoms with Crippen molar-refractivity contribution < 1.29 is 13.9 Å². The van der Waals surface area contributed by atoms with Gasteiger partial charge in [0.2, 0.25) is 0 Å². The molecule has 1 aromatic carbocycles. The number of hydrogen-bond donors (Lipinski definition) is 0. The van der Waals surface area contributed by atoms with Gasteiger partial charge in [0.15, 0.2) is 0 Å². The van der Waals surface area contributed by atoms with Crippen LogP contribution < -0.4 is 0 Å². The van der Waals surface area contributed by atoms with Gasteiger partial charge in [-0.05, 0) is 58.2 Å². The van der Waals surface area contributed by atoms with Crippen molar-refractivity contribution >= 4 is 22.0 Å². The highest BCUT2D eigenvalue weighted by molar-refractivity contribution is 9.10. The number of ether oxygens (including phenoxy) is 1. The summed E-state index contributed by atoms with van der Waals surface area (Å²) in [6, 6.07) is 5.32. The molecule has 0 saturated carbocycles. The number of halogens is 2. The van der Waals surface area contributed by atoms with Gasteiger partial charge < -0.3 is 9.64 Å². The van der Waals surface area contributed by atoms with Crippen molar-refractivity contribution in [2.45, 2.75) is 78.1 Å². The van der Waals surface area contributed by atoms with Crippen LogP contribution in [-0.2, 0) is 4.74 Å². The van der Waals surface area contributed by atoms with E-state index in [-0.39, 0.29) is 30.0 Å². The summed E-state index contributed by atoms with van der Waals surface area (Å²) in [4.78, 5) is 17.0. The second kappa shape index (κ2) is 8.91. The molecule has 2 rings (SSSR count). The highest BCUT2D eigenvalue weighted by atomic mass is 79.9. The standard InChI is InChI=1S/C21H32BrFN2O2/c1-7-16-13-25(20(26)27-21(4,5)6)17(8-2)12-24(16)14(3)18-10-9-15(23)11-19(18)22/h9-11,14,16-17H,7-8,12-13H2,1-6H3/t14?,16-,17+/m1/s1. The summed E-state index contributed by atoms with van der Waals surface area (Å²) in [7, 11) is 0. The Labute approximate surface area is 171 Å². The largest absolute Gasteiger partial charge is 0.444 e. The van der Waals surface area contributed by atoms with Gasteiger partial charge in [0, 0.05) is 35.7 Å². The minimum atomic E-state index is -0.500. The molecule has 0 radical (unpaired) electrons. The van der Waals surface area contributed by atoms with Crippen LogP contribution in [0.5, 0.6) is 0 Å². The van der Waals surface area contributed by atoms with Crippen LogP contribution in [0.25, 0.3) is 0 Å². The Morgan fingerprint density at radius 2 is 1.89 bits per heavy atom. The fourth-order valence-electron chi connectivity index (χ4n) is 3.72. The van der Waals surface area contributed by atoms with Crippen molar-refractivity contribution in [1.82, 2.24) is 9.80 Å². The summed E-state index contributed by atoms with van der Waals surface area (Å²) >= 11 is 3.51. The molecule has 3 atom stereocenters. The Morgan fingerprint density at radius 1 is 1.26 bits per heavy atom. The average Bonchev–Trinajstić information content (AvgIpc) is 2.58. The minimum absolute atomic E-state index is 0.101. The Bertz CT molecular complexity index is 662. The molecule has 0 aromatic heterocycles. The van der Waals surface area contributed by atoms with Crippen molar-refractivity contribution in [3.05, 3.63) is 34.1 Å². The quantitative estimate of drug-likeness (QED) is 0.593. The highest BCUT2D eigenvalue weighted by Crippen LogP contribution is 2.33. The van der Waals surface area contributed by atoms with E-state index in [1.807, 2.05) is 31.7 Å². The molecule has 0 bridgehead atoms. The van der Waals surface area contributed by atoms with E-state index in [1.165, 1.54) is 12.1 Å². The fraction of sp³-hybridized carbons (Fsp3) is 0.667. The van der Waals surface area contributed by atoms with E-state index in [4.69, 9.17) is 4.74 Å². The van der Waals surface area contributed by atoms with Gasteiger partial charge >= 0.3 is 6.09 Å². The first-order chi connectivity index (χ1) is 12.6. The molecule has 0 spiro atoms. The van der Waals surface area contributed by atoms with Gasteiger partial charge in [0.25, 0.3) is 0 Å². The second-order valence-corrected chi connectivity index (χ2v) is 9.15. The highest BCUT2D eigenvalue weighted by Gasteiger charge is 2.39. The molecule has 0 aliphatic carbocycles. The number of amides is 1. The van der Waals surface area contributed by atoms with E-state index in [0.717, 1.165) is 29.4 Å². The van der Waals surface area contributed by atoms with Crippen LogP contribution in [0.15, 0.2) is 22.7 Å². The Morgan fingerprint density at radius 3 is 2.41 bits per heavy atom. The van der Waals surface area contributed by atoms with Crippen molar-refractivity contribution in [2.75, 3.05) is 13.1 Å². The van der Waals surface area contributed by atoms with Gasteiger partial charge in [-0.2, -0.15) is 0 Å². The topological polar surface area (TPSA) is 32.8 Å². The monoisotopic (exact) mass is 442 g/mol. The van der Waals surface area contributed by atoms with E-state index < -0.39 is 5.60 Å². The zero-order valence-electron chi connectivity index (χ0n) is 17.3. The van der Waals surface area contributed by atoms with Crippen LogP contribution in [0, 0.1) is 5.82 Å². The van der Waals surface area contributed by atoms with E-state index in [9.17, 15) is 9.18 Å². The van der Waals surface area contributed by atoms with Crippen LogP contribution in [0.4, 0.5) is 9.18 Å². The molecule has 1 saturated heterocycles. The summed E-state index contributed by atoms with van der Waals surface area (Å²) in [6.45, 7) is 13.5. The molecule has 1 heterocycles. The lowest BCUT2D eigenvalue weighted by atomic mass is 9.97. The number of rotatable bonds is 4. The summed E-state index contributed by atoms with van der Waals surface area (Å²) < 4.78 is 19.9. The molecule has 4 nitrogen and oxygen atoms in total. The molecule has 1 fully saturated rings. The summed E-state index contributed by atoms with van der Waals surface area (Å²) in [5.74, 6) is -0.244. The Hall–Kier alpha value is -1.14. The number of carbonyl (C=O) groups is 1. The zero-order chi connectivity index (χ0) is 20.4. The van der Waals surface area contributed by atoms with Gasteiger partial charge in [-0.3, -0.25) is 4.90 Å². The molecular weight excluding hydrogens is 411 g/mol. The average molecular weight is 443 g/mol. The fourth-order valence-corrected chi connectivity index (χ4v) is 4.40. The maximum Gasteiger partial charge on any atom is 0.410 e. The van der Waals surface area contributed by atoms with Crippen molar-refractivity contribution in [3.8, 4) is 0 Å². The van der Waals surface area contributed by atoms with Gasteiger partial charge in [-0.15, -0.1) is 0 Å². The minimum Gasteiger partial charge on any atom is -0.444 e. The molecule has 1 aliphatic heterocycles. The van der Waals surface area contributed by atoms with Gasteiger partial charge in [-0.25, -0.2) is 9.18 Å². The molecule has 1 aliphatic rings. The Kier molecular flexibility index (Phi) is 7.31. The van der Waals surface area contributed by atoms with E-state index in [2.05, 4.69) is 41.6 Å². The smallest absolute Gasteiger partial charge is 0.410 e. The first kappa shape index (κ1) is 22.2. The van der Waals surface area contributed by atoms with E-state index in [1.54, 1.807) is 0 Å². The van der Waals surface area contributed by atoms with Crippen LogP contribution in [0.2, 0.25) is 0 Å². The number of nitrogens with zero attached hydrogens (tertiary/aromatic N) is 2. The normalized spacial score (nSPS) is 22.6. The third kappa shape index (κ3) is 5.44. The molecule has 152 valence electrons. The molecule has 27 heavy (non-hydrogen) atoms. The van der Waals surface area contributed by atoms with Crippen molar-refractivity contribution in [2.24, 2.45) is 0 Å². The van der Waals surface area contributed by atoms with Crippen LogP contribution in [0.3, 0.4) is 0 Å². The predicted molar refractivity (Wildman–Crippen MR) is 110 cm³/mol. The summed E-state index contributed by atoms with van der Waals surface area (Å²) in [6.07, 6.45) is 1.56. The molecule has 1 amide bonds. The van der Waals surface area contributed by atoms with Crippen molar-refractivity contribution in [3.63, 3.8) is 0 Å². The maximum absolute atomic E-state index is 13.5. The lowest BCUT2D eigenvalue weighted by Gasteiger charge is -2.48. The number of piperazine rings is 1. The zero-order valence-corrected chi connectivity index (χ0v) is 18.8. The molecule has 0 N–H and O–H groups in total. The molecular formula is C21H32BrFN2O2. The van der Waals surface area contributed by atoms with Crippen LogP contribution in [0.1, 0.15) is 66.0 Å². The summed E-state index contributed by atoms with van der Waals surface area (Å²) in [5.41, 5.74) is 0.566. The molecule has 1 unspecified atom stereocenters. The van der Waals surface area contributed by atoms with E-state index in [0.29, 0.717) is 6.54 Å².